The average Bonchev–Trinajstić information content (AvgIpc) is 2.60. The zero-order valence-electron chi connectivity index (χ0n) is 14.7. The van der Waals surface area contributed by atoms with Gasteiger partial charge in [0.15, 0.2) is 0 Å². The summed E-state index contributed by atoms with van der Waals surface area (Å²) in [6, 6.07) is 5.85. The molecule has 6 heteroatoms. The molecule has 5 nitrogen and oxygen atoms in total. The molecule has 2 fully saturated rings. The lowest BCUT2D eigenvalue weighted by Gasteiger charge is -2.37. The molecule has 136 valence electrons. The molecule has 1 N–H and O–H groups in total. The molecule has 25 heavy (non-hydrogen) atoms. The van der Waals surface area contributed by atoms with Gasteiger partial charge in [0.1, 0.15) is 5.82 Å². The molecular weight excluding hydrogens is 321 g/mol. The molecular formula is C19H26FN3O2. The first kappa shape index (κ1) is 17.9. The van der Waals surface area contributed by atoms with Crippen molar-refractivity contribution in [3.63, 3.8) is 0 Å². The Kier molecular flexibility index (Phi) is 5.68. The van der Waals surface area contributed by atoms with Gasteiger partial charge in [-0.05, 0) is 36.5 Å². The Morgan fingerprint density at radius 1 is 1.20 bits per heavy atom. The van der Waals surface area contributed by atoms with Crippen molar-refractivity contribution in [2.45, 2.75) is 38.8 Å². The monoisotopic (exact) mass is 347 g/mol. The van der Waals surface area contributed by atoms with E-state index in [9.17, 15) is 14.0 Å². The van der Waals surface area contributed by atoms with Gasteiger partial charge < -0.3 is 10.2 Å². The van der Waals surface area contributed by atoms with Crippen molar-refractivity contribution < 1.29 is 14.0 Å². The number of amides is 2. The molecule has 2 aliphatic heterocycles. The quantitative estimate of drug-likeness (QED) is 0.903. The van der Waals surface area contributed by atoms with Crippen LogP contribution in [0.3, 0.4) is 0 Å². The van der Waals surface area contributed by atoms with Crippen LogP contribution in [-0.2, 0) is 16.1 Å². The van der Waals surface area contributed by atoms with Crippen molar-refractivity contribution in [2.75, 3.05) is 26.2 Å². The highest BCUT2D eigenvalue weighted by atomic mass is 19.1. The summed E-state index contributed by atoms with van der Waals surface area (Å²) < 4.78 is 13.1. The van der Waals surface area contributed by atoms with Crippen LogP contribution in [0.2, 0.25) is 0 Å². The smallest absolute Gasteiger partial charge is 0.237 e. The summed E-state index contributed by atoms with van der Waals surface area (Å²) in [4.78, 5) is 28.9. The molecule has 0 aromatic heterocycles. The van der Waals surface area contributed by atoms with Crippen LogP contribution in [0, 0.1) is 11.7 Å². The molecule has 1 aromatic rings. The molecule has 2 amide bonds. The number of nitrogens with one attached hydrogen (secondary N) is 1. The highest BCUT2D eigenvalue weighted by Gasteiger charge is 2.33. The number of hydrogen-bond donors (Lipinski definition) is 1. The van der Waals surface area contributed by atoms with Gasteiger partial charge in [0.2, 0.25) is 11.8 Å². The Bertz CT molecular complexity index is 612. The second kappa shape index (κ2) is 7.95. The Labute approximate surface area is 148 Å². The van der Waals surface area contributed by atoms with Gasteiger partial charge in [-0.2, -0.15) is 0 Å². The second-order valence-electron chi connectivity index (χ2n) is 7.17. The Morgan fingerprint density at radius 3 is 2.56 bits per heavy atom. The van der Waals surface area contributed by atoms with E-state index in [4.69, 9.17) is 0 Å². The van der Waals surface area contributed by atoms with Crippen LogP contribution < -0.4 is 5.32 Å². The van der Waals surface area contributed by atoms with Gasteiger partial charge in [-0.25, -0.2) is 4.39 Å². The zero-order valence-corrected chi connectivity index (χ0v) is 14.7. The first-order valence-electron chi connectivity index (χ1n) is 9.07. The fraction of sp³-hybridized carbons (Fsp3) is 0.579. The summed E-state index contributed by atoms with van der Waals surface area (Å²) in [5.41, 5.74) is 0.945. The first-order valence-corrected chi connectivity index (χ1v) is 9.07. The van der Waals surface area contributed by atoms with Gasteiger partial charge in [-0.1, -0.05) is 19.1 Å². The molecule has 0 radical (unpaired) electrons. The predicted molar refractivity (Wildman–Crippen MR) is 93.2 cm³/mol. The van der Waals surface area contributed by atoms with E-state index in [1.165, 1.54) is 12.1 Å². The number of piperidine rings is 1. The largest absolute Gasteiger partial charge is 0.353 e. The number of carbonyl (C=O) groups is 2. The van der Waals surface area contributed by atoms with Crippen LogP contribution in [0.5, 0.6) is 0 Å². The van der Waals surface area contributed by atoms with Crippen molar-refractivity contribution in [3.05, 3.63) is 35.6 Å². The standard InChI is InChI=1S/C19H26FN3O2/c1-14-6-9-22(10-7-14)18(24)12-17-19(25)21-8-11-23(17)13-15-2-4-16(20)5-3-15/h2-5,14,17H,6-13H2,1H3,(H,21,25). The lowest BCUT2D eigenvalue weighted by molar-refractivity contribution is -0.140. The van der Waals surface area contributed by atoms with Crippen LogP contribution in [-0.4, -0.2) is 53.8 Å². The second-order valence-corrected chi connectivity index (χ2v) is 7.17. The summed E-state index contributed by atoms with van der Waals surface area (Å²) in [6.45, 7) is 5.59. The Hall–Kier alpha value is -1.95. The maximum absolute atomic E-state index is 13.1. The normalized spacial score (nSPS) is 22.7. The maximum atomic E-state index is 13.1. The maximum Gasteiger partial charge on any atom is 0.237 e. The third-order valence-corrected chi connectivity index (χ3v) is 5.24. The van der Waals surface area contributed by atoms with E-state index in [0.29, 0.717) is 25.6 Å². The van der Waals surface area contributed by atoms with Crippen LogP contribution in [0.1, 0.15) is 31.7 Å². The summed E-state index contributed by atoms with van der Waals surface area (Å²) in [5, 5.41) is 2.86. The molecule has 0 aliphatic carbocycles. The predicted octanol–water partition coefficient (Wildman–Crippen LogP) is 1.77. The molecule has 1 atom stereocenters. The molecule has 0 spiro atoms. The van der Waals surface area contributed by atoms with Gasteiger partial charge in [-0.3, -0.25) is 14.5 Å². The molecule has 3 rings (SSSR count). The average molecular weight is 347 g/mol. The lowest BCUT2D eigenvalue weighted by atomic mass is 9.98. The number of carbonyl (C=O) groups excluding carboxylic acids is 2. The fourth-order valence-corrected chi connectivity index (χ4v) is 3.55. The minimum Gasteiger partial charge on any atom is -0.353 e. The van der Waals surface area contributed by atoms with Gasteiger partial charge in [0, 0.05) is 32.7 Å². The van der Waals surface area contributed by atoms with Gasteiger partial charge in [0.05, 0.1) is 12.5 Å². The van der Waals surface area contributed by atoms with E-state index in [2.05, 4.69) is 12.2 Å². The van der Waals surface area contributed by atoms with Crippen LogP contribution in [0.4, 0.5) is 4.39 Å². The molecule has 0 bridgehead atoms. The zero-order chi connectivity index (χ0) is 17.8. The molecule has 2 heterocycles. The van der Waals surface area contributed by atoms with E-state index >= 15 is 0 Å². The van der Waals surface area contributed by atoms with E-state index < -0.39 is 6.04 Å². The van der Waals surface area contributed by atoms with Crippen molar-refractivity contribution >= 4 is 11.8 Å². The van der Waals surface area contributed by atoms with E-state index in [0.717, 1.165) is 31.5 Å². The Morgan fingerprint density at radius 2 is 1.88 bits per heavy atom. The van der Waals surface area contributed by atoms with Crippen molar-refractivity contribution in [3.8, 4) is 0 Å². The minimum atomic E-state index is -0.453. The van der Waals surface area contributed by atoms with Crippen molar-refractivity contribution in [1.29, 1.82) is 0 Å². The number of halogens is 1. The fourth-order valence-electron chi connectivity index (χ4n) is 3.55. The summed E-state index contributed by atoms with van der Waals surface area (Å²) in [7, 11) is 0. The molecule has 2 saturated heterocycles. The van der Waals surface area contributed by atoms with Crippen molar-refractivity contribution in [1.82, 2.24) is 15.1 Å². The summed E-state index contributed by atoms with van der Waals surface area (Å²) in [5.74, 6) is 0.355. The van der Waals surface area contributed by atoms with E-state index in [1.54, 1.807) is 12.1 Å². The first-order chi connectivity index (χ1) is 12.0. The number of likely N-dealkylation sites (tertiary alicyclic amines) is 1. The van der Waals surface area contributed by atoms with Crippen LogP contribution in [0.25, 0.3) is 0 Å². The number of benzene rings is 1. The van der Waals surface area contributed by atoms with Gasteiger partial charge >= 0.3 is 0 Å². The van der Waals surface area contributed by atoms with Crippen LogP contribution in [0.15, 0.2) is 24.3 Å². The third kappa shape index (κ3) is 4.57. The number of hydrogen-bond acceptors (Lipinski definition) is 3. The Balaban J connectivity index is 1.64. The lowest BCUT2D eigenvalue weighted by Crippen LogP contribution is -2.56. The topological polar surface area (TPSA) is 52.7 Å². The van der Waals surface area contributed by atoms with E-state index in [-0.39, 0.29) is 24.1 Å². The van der Waals surface area contributed by atoms with Crippen LogP contribution >= 0.6 is 0 Å². The van der Waals surface area contributed by atoms with Crippen molar-refractivity contribution in [2.24, 2.45) is 5.92 Å². The molecule has 1 unspecified atom stereocenters. The minimum absolute atomic E-state index is 0.0538. The van der Waals surface area contributed by atoms with E-state index in [1.807, 2.05) is 9.80 Å². The highest BCUT2D eigenvalue weighted by Crippen LogP contribution is 2.19. The third-order valence-electron chi connectivity index (χ3n) is 5.24. The molecule has 2 aliphatic rings. The number of piperazine rings is 1. The summed E-state index contributed by atoms with van der Waals surface area (Å²) >= 11 is 0. The molecule has 0 saturated carbocycles. The molecule has 1 aromatic carbocycles. The number of rotatable bonds is 4. The van der Waals surface area contributed by atoms with Gasteiger partial charge in [0.25, 0.3) is 0 Å². The number of nitrogens with zero attached hydrogens (tertiary/aromatic N) is 2. The highest BCUT2D eigenvalue weighted by molar-refractivity contribution is 5.88. The van der Waals surface area contributed by atoms with Gasteiger partial charge in [-0.15, -0.1) is 0 Å². The summed E-state index contributed by atoms with van der Waals surface area (Å²) in [6.07, 6.45) is 2.27. The SMILES string of the molecule is CC1CCN(C(=O)CC2C(=O)NCCN2Cc2ccc(F)cc2)CC1.